The van der Waals surface area contributed by atoms with Crippen LogP contribution >= 0.6 is 0 Å². The first-order valence-corrected chi connectivity index (χ1v) is 6.44. The Balaban J connectivity index is 1.99. The second-order valence-corrected chi connectivity index (χ2v) is 4.38. The average Bonchev–Trinajstić information content (AvgIpc) is 2.52. The Morgan fingerprint density at radius 2 is 2.19 bits per heavy atom. The van der Waals surface area contributed by atoms with Crippen LogP contribution in [0.1, 0.15) is 27.2 Å². The molecule has 2 heterocycles. The van der Waals surface area contributed by atoms with Gasteiger partial charge in [-0.25, -0.2) is 4.98 Å². The number of nitrogens with one attached hydrogen (secondary N) is 1. The molecule has 2 rings (SSSR count). The molecule has 0 atom stereocenters. The summed E-state index contributed by atoms with van der Waals surface area (Å²) in [4.78, 5) is 20.1. The maximum Gasteiger partial charge on any atom is 0.270 e. The highest BCUT2D eigenvalue weighted by Crippen LogP contribution is 2.05. The summed E-state index contributed by atoms with van der Waals surface area (Å²) in [6, 6.07) is 5.18. The molecule has 0 aliphatic heterocycles. The largest absolute Gasteiger partial charge is 0.384 e. The number of pyridine rings is 2. The SMILES string of the molecule is Cc1cnccc1CNC(=O)c1ccc(C#CCO)cn1. The standard InChI is InChI=1S/C16H15N3O2/c1-12-9-17-7-6-14(12)11-19-16(21)15-5-4-13(10-18-15)3-2-8-20/h4-7,9-10,20H,8,11H2,1H3,(H,19,21). The Morgan fingerprint density at radius 3 is 2.86 bits per heavy atom. The maximum absolute atomic E-state index is 12.0. The van der Waals surface area contributed by atoms with Gasteiger partial charge >= 0.3 is 0 Å². The van der Waals surface area contributed by atoms with E-state index in [9.17, 15) is 4.79 Å². The Labute approximate surface area is 123 Å². The van der Waals surface area contributed by atoms with E-state index < -0.39 is 0 Å². The van der Waals surface area contributed by atoms with Crippen LogP contribution < -0.4 is 5.32 Å². The van der Waals surface area contributed by atoms with Gasteiger partial charge in [-0.2, -0.15) is 0 Å². The predicted molar refractivity (Wildman–Crippen MR) is 78.3 cm³/mol. The molecule has 2 aromatic rings. The van der Waals surface area contributed by atoms with Crippen molar-refractivity contribution in [3.05, 3.63) is 59.2 Å². The molecule has 5 nitrogen and oxygen atoms in total. The fourth-order valence-electron chi connectivity index (χ4n) is 1.71. The van der Waals surface area contributed by atoms with E-state index in [4.69, 9.17) is 5.11 Å². The van der Waals surface area contributed by atoms with Crippen LogP contribution in [-0.4, -0.2) is 27.6 Å². The molecule has 0 unspecified atom stereocenters. The predicted octanol–water partition coefficient (Wildman–Crippen LogP) is 1.06. The molecule has 106 valence electrons. The van der Waals surface area contributed by atoms with Crippen LogP contribution in [0.5, 0.6) is 0 Å². The highest BCUT2D eigenvalue weighted by atomic mass is 16.2. The molecule has 0 fully saturated rings. The molecule has 5 heteroatoms. The first-order valence-electron chi connectivity index (χ1n) is 6.44. The number of carbonyl (C=O) groups is 1. The van der Waals surface area contributed by atoms with Crippen LogP contribution in [0.2, 0.25) is 0 Å². The number of aliphatic hydroxyl groups is 1. The highest BCUT2D eigenvalue weighted by molar-refractivity contribution is 5.92. The van der Waals surface area contributed by atoms with E-state index in [1.807, 2.05) is 13.0 Å². The third-order valence-corrected chi connectivity index (χ3v) is 2.88. The summed E-state index contributed by atoms with van der Waals surface area (Å²) >= 11 is 0. The third kappa shape index (κ3) is 4.13. The normalized spacial score (nSPS) is 9.62. The Kier molecular flexibility index (Phi) is 5.02. The van der Waals surface area contributed by atoms with Crippen molar-refractivity contribution in [2.24, 2.45) is 0 Å². The van der Waals surface area contributed by atoms with Crippen LogP contribution in [0.4, 0.5) is 0 Å². The van der Waals surface area contributed by atoms with Crippen LogP contribution in [0.3, 0.4) is 0 Å². The third-order valence-electron chi connectivity index (χ3n) is 2.88. The van der Waals surface area contributed by atoms with Gasteiger partial charge in [0.25, 0.3) is 5.91 Å². The minimum atomic E-state index is -0.243. The molecular formula is C16H15N3O2. The topological polar surface area (TPSA) is 75.1 Å². The number of carbonyl (C=O) groups excluding carboxylic acids is 1. The monoisotopic (exact) mass is 281 g/mol. The molecule has 21 heavy (non-hydrogen) atoms. The number of amides is 1. The summed E-state index contributed by atoms with van der Waals surface area (Å²) in [7, 11) is 0. The lowest BCUT2D eigenvalue weighted by Gasteiger charge is -2.07. The van der Waals surface area contributed by atoms with Crippen LogP contribution in [0.15, 0.2) is 36.8 Å². The van der Waals surface area contributed by atoms with Gasteiger partial charge in [0.1, 0.15) is 12.3 Å². The van der Waals surface area contributed by atoms with Crippen molar-refractivity contribution in [2.45, 2.75) is 13.5 Å². The van der Waals surface area contributed by atoms with Gasteiger partial charge in [-0.1, -0.05) is 11.8 Å². The van der Waals surface area contributed by atoms with Gasteiger partial charge in [0.2, 0.25) is 0 Å². The van der Waals surface area contributed by atoms with Gasteiger partial charge in [-0.3, -0.25) is 9.78 Å². The summed E-state index contributed by atoms with van der Waals surface area (Å²) in [5.74, 6) is 5.01. The molecule has 0 aliphatic rings. The van der Waals surface area contributed by atoms with Crippen molar-refractivity contribution in [1.29, 1.82) is 0 Å². The Bertz CT molecular complexity index is 685. The second-order valence-electron chi connectivity index (χ2n) is 4.38. The van der Waals surface area contributed by atoms with E-state index in [0.717, 1.165) is 11.1 Å². The second kappa shape index (κ2) is 7.17. The zero-order valence-corrected chi connectivity index (χ0v) is 11.6. The number of aromatic nitrogens is 2. The molecule has 2 aromatic heterocycles. The molecule has 0 aromatic carbocycles. The number of aliphatic hydroxyl groups excluding tert-OH is 1. The van der Waals surface area contributed by atoms with Gasteiger partial charge < -0.3 is 10.4 Å². The summed E-state index contributed by atoms with van der Waals surface area (Å²) in [5.41, 5.74) is 3.03. The molecule has 0 bridgehead atoms. The molecule has 0 saturated heterocycles. The van der Waals surface area contributed by atoms with Crippen LogP contribution in [0, 0.1) is 18.8 Å². The number of aryl methyl sites for hydroxylation is 1. The molecule has 1 amide bonds. The highest BCUT2D eigenvalue weighted by Gasteiger charge is 2.07. The van der Waals surface area contributed by atoms with E-state index in [1.165, 1.54) is 6.20 Å². The fraction of sp³-hybridized carbons (Fsp3) is 0.188. The average molecular weight is 281 g/mol. The summed E-state index contributed by atoms with van der Waals surface area (Å²) in [6.45, 7) is 2.18. The zero-order valence-electron chi connectivity index (χ0n) is 11.6. The smallest absolute Gasteiger partial charge is 0.270 e. The molecule has 0 spiro atoms. The minimum absolute atomic E-state index is 0.201. The molecular weight excluding hydrogens is 266 g/mol. The number of nitrogens with zero attached hydrogens (tertiary/aromatic N) is 2. The van der Waals surface area contributed by atoms with Crippen molar-refractivity contribution >= 4 is 5.91 Å². The van der Waals surface area contributed by atoms with Gasteiger partial charge in [-0.05, 0) is 36.2 Å². The van der Waals surface area contributed by atoms with E-state index in [-0.39, 0.29) is 12.5 Å². The number of rotatable bonds is 3. The maximum atomic E-state index is 12.0. The lowest BCUT2D eigenvalue weighted by Crippen LogP contribution is -2.24. The number of hydrogen-bond donors (Lipinski definition) is 2. The van der Waals surface area contributed by atoms with Crippen molar-refractivity contribution in [1.82, 2.24) is 15.3 Å². The van der Waals surface area contributed by atoms with E-state index in [2.05, 4.69) is 27.1 Å². The van der Waals surface area contributed by atoms with Crippen LogP contribution in [-0.2, 0) is 6.54 Å². The van der Waals surface area contributed by atoms with E-state index in [0.29, 0.717) is 17.8 Å². The number of hydrogen-bond acceptors (Lipinski definition) is 4. The van der Waals surface area contributed by atoms with Gasteiger partial charge in [0.15, 0.2) is 0 Å². The van der Waals surface area contributed by atoms with E-state index in [1.54, 1.807) is 24.5 Å². The fourth-order valence-corrected chi connectivity index (χ4v) is 1.71. The Hall–Kier alpha value is -2.71. The quantitative estimate of drug-likeness (QED) is 0.825. The summed E-state index contributed by atoms with van der Waals surface area (Å²) in [6.07, 6.45) is 4.96. The van der Waals surface area contributed by atoms with Gasteiger partial charge in [0.05, 0.1) is 0 Å². The van der Waals surface area contributed by atoms with Gasteiger partial charge in [0, 0.05) is 30.7 Å². The summed E-state index contributed by atoms with van der Waals surface area (Å²) < 4.78 is 0. The lowest BCUT2D eigenvalue weighted by atomic mass is 10.1. The van der Waals surface area contributed by atoms with Crippen LogP contribution in [0.25, 0.3) is 0 Å². The minimum Gasteiger partial charge on any atom is -0.384 e. The van der Waals surface area contributed by atoms with Crippen molar-refractivity contribution in [3.8, 4) is 11.8 Å². The molecule has 2 N–H and O–H groups in total. The van der Waals surface area contributed by atoms with Gasteiger partial charge in [-0.15, -0.1) is 0 Å². The molecule has 0 radical (unpaired) electrons. The van der Waals surface area contributed by atoms with Crippen molar-refractivity contribution in [3.63, 3.8) is 0 Å². The first kappa shape index (κ1) is 14.7. The molecule has 0 aliphatic carbocycles. The van der Waals surface area contributed by atoms with E-state index >= 15 is 0 Å². The van der Waals surface area contributed by atoms with Crippen molar-refractivity contribution < 1.29 is 9.90 Å². The summed E-state index contributed by atoms with van der Waals surface area (Å²) in [5, 5.41) is 11.4. The Morgan fingerprint density at radius 1 is 1.33 bits per heavy atom. The van der Waals surface area contributed by atoms with Crippen molar-refractivity contribution in [2.75, 3.05) is 6.61 Å². The first-order chi connectivity index (χ1) is 10.2. The lowest BCUT2D eigenvalue weighted by molar-refractivity contribution is 0.0946. The molecule has 0 saturated carbocycles. The zero-order chi connectivity index (χ0) is 15.1.